The Kier molecular flexibility index (Phi) is 4.19. The average molecular weight is 370 g/mol. The number of aromatic nitrogens is 1. The molecule has 0 spiro atoms. The molecule has 2 atom stereocenters. The zero-order valence-corrected chi connectivity index (χ0v) is 15.5. The van der Waals surface area contributed by atoms with E-state index in [-0.39, 0.29) is 23.9 Å². The van der Waals surface area contributed by atoms with Gasteiger partial charge in [0.25, 0.3) is 5.91 Å². The highest BCUT2D eigenvalue weighted by Gasteiger charge is 2.38. The number of nitrogens with one attached hydrogen (secondary N) is 1. The Morgan fingerprint density at radius 3 is 2.92 bits per heavy atom. The lowest BCUT2D eigenvalue weighted by molar-refractivity contribution is -0.121. The zero-order chi connectivity index (χ0) is 18.4. The van der Waals surface area contributed by atoms with Crippen LogP contribution in [-0.4, -0.2) is 16.8 Å². The predicted molar refractivity (Wildman–Crippen MR) is 100 cm³/mol. The van der Waals surface area contributed by atoms with Crippen LogP contribution in [0.4, 0.5) is 5.69 Å². The normalized spacial score (nSPS) is 20.9. The average Bonchev–Trinajstić information content (AvgIpc) is 3.14. The molecule has 0 fully saturated rings. The molecule has 4 rings (SSSR count). The Morgan fingerprint density at radius 1 is 1.35 bits per heavy atom. The van der Waals surface area contributed by atoms with Crippen molar-refractivity contribution in [3.8, 4) is 0 Å². The van der Waals surface area contributed by atoms with Gasteiger partial charge in [0.15, 0.2) is 0 Å². The van der Waals surface area contributed by atoms with Gasteiger partial charge in [0.2, 0.25) is 5.91 Å². The van der Waals surface area contributed by atoms with Crippen molar-refractivity contribution in [2.45, 2.75) is 45.2 Å². The van der Waals surface area contributed by atoms with Gasteiger partial charge in [-0.1, -0.05) is 18.5 Å². The highest BCUT2D eigenvalue weighted by Crippen LogP contribution is 2.43. The number of amides is 2. The summed E-state index contributed by atoms with van der Waals surface area (Å²) in [5, 5.41) is 3.68. The molecule has 1 aliphatic carbocycles. The summed E-state index contributed by atoms with van der Waals surface area (Å²) in [5.74, 6) is 0.00123. The molecule has 134 valence electrons. The summed E-state index contributed by atoms with van der Waals surface area (Å²) >= 11 is 6.12. The summed E-state index contributed by atoms with van der Waals surface area (Å²) in [5.41, 5.74) is 4.57. The fraction of sp³-hybridized carbons (Fsp3) is 0.350. The van der Waals surface area contributed by atoms with Gasteiger partial charge in [0.1, 0.15) is 0 Å². The summed E-state index contributed by atoms with van der Waals surface area (Å²) in [6.07, 6.45) is 5.66. The van der Waals surface area contributed by atoms with Crippen LogP contribution in [0.25, 0.3) is 0 Å². The Morgan fingerprint density at radius 2 is 2.15 bits per heavy atom. The van der Waals surface area contributed by atoms with E-state index < -0.39 is 0 Å². The van der Waals surface area contributed by atoms with Crippen molar-refractivity contribution < 1.29 is 9.59 Å². The largest absolute Gasteiger partial charge is 0.349 e. The number of hydrogen-bond acceptors (Lipinski definition) is 3. The molecule has 0 saturated heterocycles. The van der Waals surface area contributed by atoms with E-state index in [4.69, 9.17) is 11.6 Å². The second-order valence-corrected chi connectivity index (χ2v) is 7.26. The minimum absolute atomic E-state index is 0.0274. The minimum Gasteiger partial charge on any atom is -0.349 e. The molecule has 26 heavy (non-hydrogen) atoms. The molecule has 1 aliphatic heterocycles. The maximum absolute atomic E-state index is 13.0. The molecule has 0 bridgehead atoms. The van der Waals surface area contributed by atoms with Crippen LogP contribution in [0.3, 0.4) is 0 Å². The molecule has 1 N–H and O–H groups in total. The first-order valence-corrected chi connectivity index (χ1v) is 9.28. The third-order valence-corrected chi connectivity index (χ3v) is 5.58. The zero-order valence-electron chi connectivity index (χ0n) is 14.8. The molecule has 0 saturated carbocycles. The van der Waals surface area contributed by atoms with E-state index in [1.54, 1.807) is 23.2 Å². The lowest BCUT2D eigenvalue weighted by Gasteiger charge is -2.24. The van der Waals surface area contributed by atoms with E-state index in [2.05, 4.69) is 10.3 Å². The van der Waals surface area contributed by atoms with Crippen LogP contribution in [-0.2, 0) is 11.2 Å². The number of pyridine rings is 1. The van der Waals surface area contributed by atoms with E-state index in [1.165, 1.54) is 0 Å². The first-order chi connectivity index (χ1) is 12.5. The quantitative estimate of drug-likeness (QED) is 0.890. The Hall–Kier alpha value is -2.40. The van der Waals surface area contributed by atoms with Crippen LogP contribution >= 0.6 is 11.6 Å². The molecule has 5 nitrogen and oxygen atoms in total. The van der Waals surface area contributed by atoms with Gasteiger partial charge in [-0.15, -0.1) is 0 Å². The molecule has 2 aromatic rings. The summed E-state index contributed by atoms with van der Waals surface area (Å²) in [4.78, 5) is 31.0. The van der Waals surface area contributed by atoms with Gasteiger partial charge in [-0.3, -0.25) is 19.5 Å². The summed E-state index contributed by atoms with van der Waals surface area (Å²) in [6, 6.07) is 5.26. The lowest BCUT2D eigenvalue weighted by atomic mass is 10.1. The Bertz CT molecular complexity index is 912. The number of anilines is 1. The van der Waals surface area contributed by atoms with Crippen LogP contribution in [0, 0.1) is 0 Å². The SMILES string of the molecule is CCC(=O)NC1CCc2c1cncc2N1C(=O)c2ccc(Cl)cc2C1C. The van der Waals surface area contributed by atoms with E-state index in [0.717, 1.165) is 35.2 Å². The van der Waals surface area contributed by atoms with Crippen molar-refractivity contribution in [1.82, 2.24) is 10.3 Å². The number of benzene rings is 1. The van der Waals surface area contributed by atoms with E-state index >= 15 is 0 Å². The number of nitrogens with zero attached hydrogens (tertiary/aromatic N) is 2. The number of hydrogen-bond donors (Lipinski definition) is 1. The minimum atomic E-state index is -0.103. The van der Waals surface area contributed by atoms with Gasteiger partial charge in [0, 0.05) is 23.2 Å². The highest BCUT2D eigenvalue weighted by atomic mass is 35.5. The lowest BCUT2D eigenvalue weighted by Crippen LogP contribution is -2.28. The number of carbonyl (C=O) groups is 2. The van der Waals surface area contributed by atoms with Gasteiger partial charge in [-0.05, 0) is 54.7 Å². The van der Waals surface area contributed by atoms with Crippen LogP contribution in [0.5, 0.6) is 0 Å². The fourth-order valence-corrected chi connectivity index (χ4v) is 4.18. The van der Waals surface area contributed by atoms with E-state index in [1.807, 2.05) is 26.1 Å². The first-order valence-electron chi connectivity index (χ1n) is 8.90. The smallest absolute Gasteiger partial charge is 0.259 e. The molecular formula is C20H20ClN3O2. The summed E-state index contributed by atoms with van der Waals surface area (Å²) in [7, 11) is 0. The molecule has 2 aliphatic rings. The maximum Gasteiger partial charge on any atom is 0.259 e. The van der Waals surface area contributed by atoms with Crippen LogP contribution in [0.2, 0.25) is 5.02 Å². The maximum atomic E-state index is 13.0. The molecule has 6 heteroatoms. The standard InChI is InChI=1S/C20H20ClN3O2/c1-3-19(25)23-17-7-6-13-16(17)9-22-10-18(13)24-11(2)15-8-12(21)4-5-14(15)20(24)26/h4-5,8-11,17H,3,6-7H2,1-2H3,(H,23,25). The van der Waals surface area contributed by atoms with Crippen molar-refractivity contribution in [3.05, 3.63) is 57.9 Å². The Balaban J connectivity index is 1.73. The van der Waals surface area contributed by atoms with Crippen molar-refractivity contribution in [3.63, 3.8) is 0 Å². The molecule has 1 aromatic carbocycles. The van der Waals surface area contributed by atoms with E-state index in [0.29, 0.717) is 17.0 Å². The van der Waals surface area contributed by atoms with Gasteiger partial charge in [-0.2, -0.15) is 0 Å². The number of carbonyl (C=O) groups excluding carboxylic acids is 2. The summed E-state index contributed by atoms with van der Waals surface area (Å²) in [6.45, 7) is 3.84. The van der Waals surface area contributed by atoms with Gasteiger partial charge in [0.05, 0.1) is 24.0 Å². The molecule has 2 unspecified atom stereocenters. The van der Waals surface area contributed by atoms with Gasteiger partial charge < -0.3 is 5.32 Å². The van der Waals surface area contributed by atoms with Gasteiger partial charge in [-0.25, -0.2) is 0 Å². The molecule has 2 heterocycles. The fourth-order valence-electron chi connectivity index (χ4n) is 4.00. The third kappa shape index (κ3) is 2.58. The van der Waals surface area contributed by atoms with Crippen molar-refractivity contribution in [1.29, 1.82) is 0 Å². The van der Waals surface area contributed by atoms with Crippen molar-refractivity contribution in [2.75, 3.05) is 4.90 Å². The number of fused-ring (bicyclic) bond motifs is 2. The second-order valence-electron chi connectivity index (χ2n) is 6.82. The predicted octanol–water partition coefficient (Wildman–Crippen LogP) is 3.97. The summed E-state index contributed by atoms with van der Waals surface area (Å²) < 4.78 is 0. The third-order valence-electron chi connectivity index (χ3n) is 5.34. The van der Waals surface area contributed by atoms with Crippen molar-refractivity contribution >= 4 is 29.1 Å². The van der Waals surface area contributed by atoms with Crippen molar-refractivity contribution in [2.24, 2.45) is 0 Å². The molecule has 0 radical (unpaired) electrons. The monoisotopic (exact) mass is 369 g/mol. The van der Waals surface area contributed by atoms with Gasteiger partial charge >= 0.3 is 0 Å². The highest BCUT2D eigenvalue weighted by molar-refractivity contribution is 6.31. The topological polar surface area (TPSA) is 62.3 Å². The number of rotatable bonds is 3. The first kappa shape index (κ1) is 17.0. The van der Waals surface area contributed by atoms with E-state index in [9.17, 15) is 9.59 Å². The number of halogens is 1. The molecule has 2 amide bonds. The molecule has 1 aromatic heterocycles. The van der Waals surface area contributed by atoms with Crippen LogP contribution in [0.1, 0.15) is 65.8 Å². The second kappa shape index (κ2) is 6.40. The van der Waals surface area contributed by atoms with Crippen LogP contribution < -0.4 is 10.2 Å². The van der Waals surface area contributed by atoms with Crippen LogP contribution in [0.15, 0.2) is 30.6 Å². The Labute approximate surface area is 157 Å². The molecular weight excluding hydrogens is 350 g/mol.